The molecule has 9 nitrogen and oxygen atoms in total. The fourth-order valence-corrected chi connectivity index (χ4v) is 6.27. The van der Waals surface area contributed by atoms with E-state index in [4.69, 9.17) is 4.74 Å². The zero-order chi connectivity index (χ0) is 26.8. The van der Waals surface area contributed by atoms with Gasteiger partial charge in [-0.25, -0.2) is 4.68 Å². The molecule has 0 amide bonds. The number of H-pyrrole nitrogens is 1. The SMILES string of the molecule is CCc1ccc2[nH]c(=O)c([C@@H](c3nnnn3C3CCCCC3)N3CCN(c4ccccc4OC)CC3)cc2c1. The second-order valence-corrected chi connectivity index (χ2v) is 10.7. The van der Waals surface area contributed by atoms with Gasteiger partial charge in [-0.3, -0.25) is 9.69 Å². The molecule has 1 aliphatic heterocycles. The monoisotopic (exact) mass is 527 g/mol. The number of nitrogens with zero attached hydrogens (tertiary/aromatic N) is 6. The number of methoxy groups -OCH3 is 1. The zero-order valence-electron chi connectivity index (χ0n) is 22.8. The summed E-state index contributed by atoms with van der Waals surface area (Å²) in [5.41, 5.74) is 3.82. The Hall–Kier alpha value is -3.72. The molecule has 9 heteroatoms. The van der Waals surface area contributed by atoms with E-state index >= 15 is 0 Å². The number of anilines is 1. The Labute approximate surface area is 228 Å². The number of fused-ring (bicyclic) bond motifs is 1. The molecule has 204 valence electrons. The third-order valence-corrected chi connectivity index (χ3v) is 8.43. The number of benzene rings is 2. The highest BCUT2D eigenvalue weighted by atomic mass is 16.5. The summed E-state index contributed by atoms with van der Waals surface area (Å²) >= 11 is 0. The third kappa shape index (κ3) is 5.03. The van der Waals surface area contributed by atoms with E-state index in [0.29, 0.717) is 5.56 Å². The summed E-state index contributed by atoms with van der Waals surface area (Å²) in [6.45, 7) is 5.32. The van der Waals surface area contributed by atoms with Crippen LogP contribution >= 0.6 is 0 Å². The first-order valence-corrected chi connectivity index (χ1v) is 14.2. The van der Waals surface area contributed by atoms with Crippen molar-refractivity contribution in [2.75, 3.05) is 38.2 Å². The van der Waals surface area contributed by atoms with Crippen LogP contribution in [0.1, 0.15) is 68.1 Å². The molecule has 2 aromatic heterocycles. The van der Waals surface area contributed by atoms with Crippen LogP contribution in [0.4, 0.5) is 5.69 Å². The van der Waals surface area contributed by atoms with Gasteiger partial charge in [0.1, 0.15) is 11.8 Å². The molecule has 3 heterocycles. The Morgan fingerprint density at radius 2 is 1.82 bits per heavy atom. The summed E-state index contributed by atoms with van der Waals surface area (Å²) in [5, 5.41) is 14.2. The first-order valence-electron chi connectivity index (χ1n) is 14.2. The summed E-state index contributed by atoms with van der Waals surface area (Å²) in [7, 11) is 1.71. The minimum atomic E-state index is -0.333. The van der Waals surface area contributed by atoms with Crippen LogP contribution in [0.3, 0.4) is 0 Å². The standard InChI is InChI=1S/C30H37N7O2/c1-3-21-13-14-25-22(19-21)20-24(30(38)31-25)28(29-32-33-34-37(29)23-9-5-4-6-10-23)36-17-15-35(16-18-36)26-11-7-8-12-27(26)39-2/h7-8,11-14,19-20,23,28H,3-6,9-10,15-18H2,1-2H3,(H,31,38)/t28-/m0/s1. The number of pyridine rings is 1. The average Bonchev–Trinajstić information content (AvgIpc) is 3.47. The molecule has 2 fully saturated rings. The molecule has 0 radical (unpaired) electrons. The van der Waals surface area contributed by atoms with Gasteiger partial charge in [0.25, 0.3) is 5.56 Å². The summed E-state index contributed by atoms with van der Waals surface area (Å²) in [5.74, 6) is 1.64. The molecular formula is C30H37N7O2. The molecule has 4 aromatic rings. The van der Waals surface area contributed by atoms with Gasteiger partial charge >= 0.3 is 0 Å². The van der Waals surface area contributed by atoms with Crippen LogP contribution in [-0.4, -0.2) is 63.4 Å². The molecule has 2 aliphatic rings. The van der Waals surface area contributed by atoms with E-state index in [2.05, 4.69) is 61.5 Å². The summed E-state index contributed by atoms with van der Waals surface area (Å²) < 4.78 is 7.65. The Morgan fingerprint density at radius 1 is 1.03 bits per heavy atom. The first kappa shape index (κ1) is 25.6. The number of aromatic amines is 1. The first-order chi connectivity index (χ1) is 19.2. The van der Waals surface area contributed by atoms with Crippen molar-refractivity contribution in [1.29, 1.82) is 0 Å². The fraction of sp³-hybridized carbons (Fsp3) is 0.467. The van der Waals surface area contributed by atoms with Crippen LogP contribution in [0.15, 0.2) is 53.3 Å². The average molecular weight is 528 g/mol. The van der Waals surface area contributed by atoms with Crippen molar-refractivity contribution in [1.82, 2.24) is 30.1 Å². The molecule has 1 N–H and O–H groups in total. The van der Waals surface area contributed by atoms with E-state index in [1.807, 2.05) is 28.9 Å². The quantitative estimate of drug-likeness (QED) is 0.378. The number of hydrogen-bond acceptors (Lipinski definition) is 7. The van der Waals surface area contributed by atoms with Gasteiger partial charge in [-0.15, -0.1) is 5.10 Å². The summed E-state index contributed by atoms with van der Waals surface area (Å²) in [4.78, 5) is 21.5. The van der Waals surface area contributed by atoms with Crippen LogP contribution in [0, 0.1) is 0 Å². The molecular weight excluding hydrogens is 490 g/mol. The molecule has 1 aliphatic carbocycles. The van der Waals surface area contributed by atoms with E-state index in [9.17, 15) is 4.79 Å². The predicted molar refractivity (Wildman–Crippen MR) is 153 cm³/mol. The Morgan fingerprint density at radius 3 is 2.59 bits per heavy atom. The largest absolute Gasteiger partial charge is 0.495 e. The van der Waals surface area contributed by atoms with Crippen LogP contribution in [0.5, 0.6) is 5.75 Å². The van der Waals surface area contributed by atoms with Crippen molar-refractivity contribution in [3.8, 4) is 5.75 Å². The number of aryl methyl sites for hydroxylation is 1. The number of hydrogen-bond donors (Lipinski definition) is 1. The molecule has 6 rings (SSSR count). The van der Waals surface area contributed by atoms with Crippen LogP contribution in [0.25, 0.3) is 10.9 Å². The molecule has 39 heavy (non-hydrogen) atoms. The summed E-state index contributed by atoms with van der Waals surface area (Å²) in [6.07, 6.45) is 6.71. The van der Waals surface area contributed by atoms with Gasteiger partial charge in [0.15, 0.2) is 5.82 Å². The van der Waals surface area contributed by atoms with E-state index in [1.165, 1.54) is 24.8 Å². The number of para-hydroxylation sites is 2. The zero-order valence-corrected chi connectivity index (χ0v) is 22.8. The maximum absolute atomic E-state index is 13.6. The Kier molecular flexibility index (Phi) is 7.32. The van der Waals surface area contributed by atoms with Crippen LogP contribution < -0.4 is 15.2 Å². The molecule has 1 atom stereocenters. The molecule has 0 bridgehead atoms. The lowest BCUT2D eigenvalue weighted by molar-refractivity contribution is 0.192. The number of rotatable bonds is 7. The van der Waals surface area contributed by atoms with Gasteiger partial charge in [0, 0.05) is 37.3 Å². The van der Waals surface area contributed by atoms with Gasteiger partial charge < -0.3 is 14.6 Å². The molecule has 2 aromatic carbocycles. The molecule has 0 unspecified atom stereocenters. The maximum atomic E-state index is 13.6. The lowest BCUT2D eigenvalue weighted by Gasteiger charge is -2.40. The smallest absolute Gasteiger partial charge is 0.253 e. The Bertz CT molecular complexity index is 1480. The van der Waals surface area contributed by atoms with Gasteiger partial charge in [0.05, 0.1) is 18.8 Å². The van der Waals surface area contributed by atoms with Crippen LogP contribution in [0.2, 0.25) is 0 Å². The van der Waals surface area contributed by atoms with Gasteiger partial charge in [-0.2, -0.15) is 0 Å². The van der Waals surface area contributed by atoms with Crippen molar-refractivity contribution in [3.05, 3.63) is 75.8 Å². The highest BCUT2D eigenvalue weighted by Gasteiger charge is 2.34. The normalized spacial score (nSPS) is 17.9. The number of nitrogens with one attached hydrogen (secondary N) is 1. The minimum Gasteiger partial charge on any atom is -0.495 e. The lowest BCUT2D eigenvalue weighted by atomic mass is 9.95. The second-order valence-electron chi connectivity index (χ2n) is 10.7. The molecule has 1 saturated carbocycles. The van der Waals surface area contributed by atoms with Gasteiger partial charge in [-0.05, 0) is 71.0 Å². The van der Waals surface area contributed by atoms with Crippen molar-refractivity contribution in [3.63, 3.8) is 0 Å². The minimum absolute atomic E-state index is 0.0814. The fourth-order valence-electron chi connectivity index (χ4n) is 6.27. The van der Waals surface area contributed by atoms with E-state index in [1.54, 1.807) is 7.11 Å². The summed E-state index contributed by atoms with van der Waals surface area (Å²) in [6, 6.07) is 16.4. The van der Waals surface area contributed by atoms with E-state index in [-0.39, 0.29) is 17.6 Å². The third-order valence-electron chi connectivity index (χ3n) is 8.43. The van der Waals surface area contributed by atoms with E-state index in [0.717, 1.165) is 73.6 Å². The highest BCUT2D eigenvalue weighted by molar-refractivity contribution is 5.80. The molecule has 1 saturated heterocycles. The molecule has 0 spiro atoms. The number of aromatic nitrogens is 5. The number of piperazine rings is 1. The highest BCUT2D eigenvalue weighted by Crippen LogP contribution is 2.35. The van der Waals surface area contributed by atoms with Crippen molar-refractivity contribution >= 4 is 16.6 Å². The number of ether oxygens (including phenoxy) is 1. The van der Waals surface area contributed by atoms with Crippen molar-refractivity contribution in [2.45, 2.75) is 57.5 Å². The van der Waals surface area contributed by atoms with Gasteiger partial charge in [-0.1, -0.05) is 44.4 Å². The Balaban J connectivity index is 1.39. The van der Waals surface area contributed by atoms with Crippen LogP contribution in [-0.2, 0) is 6.42 Å². The van der Waals surface area contributed by atoms with E-state index < -0.39 is 0 Å². The second kappa shape index (κ2) is 11.2. The maximum Gasteiger partial charge on any atom is 0.253 e. The van der Waals surface area contributed by atoms with Crippen molar-refractivity contribution in [2.24, 2.45) is 0 Å². The lowest BCUT2D eigenvalue weighted by Crippen LogP contribution is -2.49. The van der Waals surface area contributed by atoms with Crippen molar-refractivity contribution < 1.29 is 4.74 Å². The van der Waals surface area contributed by atoms with Gasteiger partial charge in [0.2, 0.25) is 0 Å². The topological polar surface area (TPSA) is 92.2 Å². The number of tetrazole rings is 1. The predicted octanol–water partition coefficient (Wildman–Crippen LogP) is 4.50.